The summed E-state index contributed by atoms with van der Waals surface area (Å²) in [5, 5.41) is 0. The molecule has 1 heterocycles. The molecular weight excluding hydrogens is 330 g/mol. The first-order valence-electron chi connectivity index (χ1n) is 9.69. The van der Waals surface area contributed by atoms with Crippen molar-refractivity contribution >= 4 is 0 Å². The van der Waals surface area contributed by atoms with Gasteiger partial charge in [0.05, 0.1) is 11.4 Å². The van der Waals surface area contributed by atoms with Crippen molar-refractivity contribution in [1.29, 1.82) is 0 Å². The van der Waals surface area contributed by atoms with Crippen LogP contribution in [0.3, 0.4) is 0 Å². The van der Waals surface area contributed by atoms with Crippen LogP contribution >= 0.6 is 0 Å². The van der Waals surface area contributed by atoms with Crippen molar-refractivity contribution in [2.75, 3.05) is 26.2 Å². The largest absolute Gasteiger partial charge is 0.357 e. The van der Waals surface area contributed by atoms with E-state index in [9.17, 15) is 0 Å². The van der Waals surface area contributed by atoms with Crippen LogP contribution in [0.2, 0.25) is 0 Å². The lowest BCUT2D eigenvalue weighted by molar-refractivity contribution is 0.289. The SMILES string of the molecule is [CH2-]CN(C[CH2-])Cc1cc(C#Cc2ccc(C)cc2)cc(CN(CC)CC)n1. The van der Waals surface area contributed by atoms with Gasteiger partial charge in [0.1, 0.15) is 0 Å². The monoisotopic (exact) mass is 361 g/mol. The van der Waals surface area contributed by atoms with Crippen LogP contribution in [0.4, 0.5) is 0 Å². The van der Waals surface area contributed by atoms with Gasteiger partial charge in [0, 0.05) is 24.2 Å². The van der Waals surface area contributed by atoms with Gasteiger partial charge in [0.2, 0.25) is 0 Å². The molecular formula is C24H31N3-2. The molecule has 0 fully saturated rings. The topological polar surface area (TPSA) is 19.4 Å². The molecule has 0 saturated heterocycles. The third-order valence-corrected chi connectivity index (χ3v) is 4.63. The predicted octanol–water partition coefficient (Wildman–Crippen LogP) is 4.10. The zero-order valence-corrected chi connectivity index (χ0v) is 17.0. The highest BCUT2D eigenvalue weighted by Gasteiger charge is 2.07. The minimum atomic E-state index is 0.718. The Morgan fingerprint density at radius 1 is 0.815 bits per heavy atom. The maximum absolute atomic E-state index is 4.86. The molecule has 0 radical (unpaired) electrons. The van der Waals surface area contributed by atoms with Gasteiger partial charge < -0.3 is 18.7 Å². The molecule has 144 valence electrons. The molecule has 2 aromatic rings. The summed E-state index contributed by atoms with van der Waals surface area (Å²) in [6.07, 6.45) is 0. The van der Waals surface area contributed by atoms with E-state index in [2.05, 4.69) is 92.7 Å². The molecule has 0 N–H and O–H groups in total. The van der Waals surface area contributed by atoms with E-state index in [1.807, 2.05) is 0 Å². The summed E-state index contributed by atoms with van der Waals surface area (Å²) in [6.45, 7) is 19.4. The highest BCUT2D eigenvalue weighted by Crippen LogP contribution is 2.11. The zero-order valence-electron chi connectivity index (χ0n) is 17.0. The summed E-state index contributed by atoms with van der Waals surface area (Å²) in [6, 6.07) is 12.5. The highest BCUT2D eigenvalue weighted by atomic mass is 15.1. The Balaban J connectivity index is 2.32. The number of pyridine rings is 1. The van der Waals surface area contributed by atoms with E-state index in [0.29, 0.717) is 0 Å². The second-order valence-electron chi connectivity index (χ2n) is 6.69. The van der Waals surface area contributed by atoms with Crippen LogP contribution in [0.5, 0.6) is 0 Å². The molecule has 1 aromatic carbocycles. The molecule has 0 aliphatic carbocycles. The zero-order chi connectivity index (χ0) is 19.6. The number of hydrogen-bond acceptors (Lipinski definition) is 3. The number of aryl methyl sites for hydroxylation is 1. The molecule has 2 rings (SSSR count). The van der Waals surface area contributed by atoms with Crippen LogP contribution in [0.15, 0.2) is 36.4 Å². The van der Waals surface area contributed by atoms with Gasteiger partial charge in [-0.25, -0.2) is 0 Å². The normalized spacial score (nSPS) is 10.9. The number of nitrogens with zero attached hydrogens (tertiary/aromatic N) is 3. The van der Waals surface area contributed by atoms with E-state index in [4.69, 9.17) is 4.98 Å². The lowest BCUT2D eigenvalue weighted by Crippen LogP contribution is -2.25. The third-order valence-electron chi connectivity index (χ3n) is 4.63. The fourth-order valence-electron chi connectivity index (χ4n) is 2.84. The second kappa shape index (κ2) is 10.9. The Hall–Kier alpha value is -2.15. The third kappa shape index (κ3) is 6.82. The molecule has 1 aromatic heterocycles. The molecule has 0 spiro atoms. The van der Waals surface area contributed by atoms with E-state index in [0.717, 1.165) is 61.8 Å². The number of hydrogen-bond donors (Lipinski definition) is 0. The molecule has 3 nitrogen and oxygen atoms in total. The maximum Gasteiger partial charge on any atom is 0.0560 e. The molecule has 0 aliphatic heterocycles. The van der Waals surface area contributed by atoms with Crippen molar-refractivity contribution in [2.45, 2.75) is 33.9 Å². The standard InChI is InChI=1S/C24H31N3/c1-6-26(7-2)18-23-16-22(15-14-21-12-10-20(5)11-13-21)17-24(25-23)19-27(8-3)9-4/h10-13,16-17H,1-2,6-9,18-19H2,3-5H3/q-2. The van der Waals surface area contributed by atoms with Crippen LogP contribution in [0.25, 0.3) is 0 Å². The molecule has 0 atom stereocenters. The Labute approximate surface area is 165 Å². The first-order chi connectivity index (χ1) is 13.1. The van der Waals surface area contributed by atoms with E-state index in [-0.39, 0.29) is 0 Å². The summed E-state index contributed by atoms with van der Waals surface area (Å²) in [5.41, 5.74) is 5.38. The highest BCUT2D eigenvalue weighted by molar-refractivity contribution is 5.44. The second-order valence-corrected chi connectivity index (χ2v) is 6.69. The van der Waals surface area contributed by atoms with Gasteiger partial charge in [-0.3, -0.25) is 9.88 Å². The van der Waals surface area contributed by atoms with Crippen molar-refractivity contribution in [3.8, 4) is 11.8 Å². The minimum absolute atomic E-state index is 0.718. The molecule has 0 amide bonds. The lowest BCUT2D eigenvalue weighted by atomic mass is 10.1. The van der Waals surface area contributed by atoms with E-state index >= 15 is 0 Å². The van der Waals surface area contributed by atoms with Gasteiger partial charge in [-0.05, 0) is 44.3 Å². The van der Waals surface area contributed by atoms with Crippen LogP contribution in [-0.2, 0) is 13.1 Å². The smallest absolute Gasteiger partial charge is 0.0560 e. The Morgan fingerprint density at radius 3 is 1.85 bits per heavy atom. The molecule has 0 unspecified atom stereocenters. The minimum Gasteiger partial charge on any atom is -0.357 e. The number of rotatable bonds is 8. The number of aromatic nitrogens is 1. The molecule has 0 saturated carbocycles. The fraction of sp³-hybridized carbons (Fsp3) is 0.375. The van der Waals surface area contributed by atoms with Crippen molar-refractivity contribution in [1.82, 2.24) is 14.8 Å². The predicted molar refractivity (Wildman–Crippen MR) is 114 cm³/mol. The van der Waals surface area contributed by atoms with Gasteiger partial charge in [-0.1, -0.05) is 43.4 Å². The molecule has 3 heteroatoms. The summed E-state index contributed by atoms with van der Waals surface area (Å²) < 4.78 is 0. The first-order valence-corrected chi connectivity index (χ1v) is 9.69. The average molecular weight is 362 g/mol. The fourth-order valence-corrected chi connectivity index (χ4v) is 2.84. The summed E-state index contributed by atoms with van der Waals surface area (Å²) in [4.78, 5) is 9.40. The van der Waals surface area contributed by atoms with Crippen molar-refractivity contribution in [3.05, 3.63) is 78.3 Å². The molecule has 0 aliphatic rings. The van der Waals surface area contributed by atoms with Crippen molar-refractivity contribution in [3.63, 3.8) is 0 Å². The first kappa shape index (κ1) is 21.2. The van der Waals surface area contributed by atoms with Crippen LogP contribution in [0, 0.1) is 32.6 Å². The Bertz CT molecular complexity index is 728. The quantitative estimate of drug-likeness (QED) is 0.521. The van der Waals surface area contributed by atoms with Crippen molar-refractivity contribution in [2.24, 2.45) is 0 Å². The van der Waals surface area contributed by atoms with Crippen LogP contribution in [-0.4, -0.2) is 41.0 Å². The average Bonchev–Trinajstić information content (AvgIpc) is 2.69. The lowest BCUT2D eigenvalue weighted by Gasteiger charge is -2.25. The van der Waals surface area contributed by atoms with Gasteiger partial charge >= 0.3 is 0 Å². The van der Waals surface area contributed by atoms with Crippen molar-refractivity contribution < 1.29 is 0 Å². The van der Waals surface area contributed by atoms with Gasteiger partial charge in [0.25, 0.3) is 0 Å². The Kier molecular flexibility index (Phi) is 8.51. The van der Waals surface area contributed by atoms with E-state index < -0.39 is 0 Å². The Morgan fingerprint density at radius 2 is 1.33 bits per heavy atom. The summed E-state index contributed by atoms with van der Waals surface area (Å²) in [7, 11) is 0. The maximum atomic E-state index is 4.86. The molecule has 27 heavy (non-hydrogen) atoms. The number of benzene rings is 1. The summed E-state index contributed by atoms with van der Waals surface area (Å²) >= 11 is 0. The van der Waals surface area contributed by atoms with Gasteiger partial charge in [-0.2, -0.15) is 0 Å². The molecule has 0 bridgehead atoms. The van der Waals surface area contributed by atoms with Gasteiger partial charge in [-0.15, -0.1) is 13.1 Å². The van der Waals surface area contributed by atoms with Crippen LogP contribution < -0.4 is 0 Å². The van der Waals surface area contributed by atoms with Crippen LogP contribution in [0.1, 0.15) is 41.9 Å². The summed E-state index contributed by atoms with van der Waals surface area (Å²) in [5.74, 6) is 6.60. The van der Waals surface area contributed by atoms with E-state index in [1.165, 1.54) is 5.56 Å². The van der Waals surface area contributed by atoms with Gasteiger partial charge in [0.15, 0.2) is 0 Å². The van der Waals surface area contributed by atoms with E-state index in [1.54, 1.807) is 0 Å².